The maximum absolute atomic E-state index is 14.1. The highest BCUT2D eigenvalue weighted by Gasteiger charge is 2.23. The number of hydrazine groups is 1. The van der Waals surface area contributed by atoms with Crippen molar-refractivity contribution in [3.05, 3.63) is 51.0 Å². The molecule has 2 aromatic rings. The molecule has 1 unspecified atom stereocenters. The lowest BCUT2D eigenvalue weighted by molar-refractivity contribution is 0.502. The van der Waals surface area contributed by atoms with Gasteiger partial charge in [-0.3, -0.25) is 10.5 Å². The molecule has 7 heteroatoms. The summed E-state index contributed by atoms with van der Waals surface area (Å²) in [6.07, 6.45) is 2.44. The van der Waals surface area contributed by atoms with Crippen molar-refractivity contribution in [2.75, 3.05) is 0 Å². The van der Waals surface area contributed by atoms with Crippen LogP contribution < -0.4 is 11.3 Å². The largest absolute Gasteiger partial charge is 0.271 e. The first-order valence-electron chi connectivity index (χ1n) is 6.20. The van der Waals surface area contributed by atoms with Gasteiger partial charge < -0.3 is 0 Å². The minimum Gasteiger partial charge on any atom is -0.271 e. The molecule has 1 atom stereocenters. The summed E-state index contributed by atoms with van der Waals surface area (Å²) in [6.45, 7) is 2.73. The summed E-state index contributed by atoms with van der Waals surface area (Å²) in [5.74, 6) is 5.25. The molecular weight excluding hydrogens is 347 g/mol. The van der Waals surface area contributed by atoms with Gasteiger partial charge in [0, 0.05) is 16.6 Å². The van der Waals surface area contributed by atoms with Crippen molar-refractivity contribution in [3.8, 4) is 0 Å². The van der Waals surface area contributed by atoms with Gasteiger partial charge in [-0.2, -0.15) is 5.10 Å². The van der Waals surface area contributed by atoms with Crippen molar-refractivity contribution in [1.82, 2.24) is 15.2 Å². The molecule has 0 saturated heterocycles. The Morgan fingerprint density at radius 1 is 1.55 bits per heavy atom. The van der Waals surface area contributed by atoms with Crippen LogP contribution >= 0.6 is 27.5 Å². The van der Waals surface area contributed by atoms with Crippen LogP contribution in [0.1, 0.15) is 30.6 Å². The van der Waals surface area contributed by atoms with Crippen LogP contribution in [0.5, 0.6) is 0 Å². The molecular formula is C13H15BrClFN4. The van der Waals surface area contributed by atoms with Gasteiger partial charge in [0.2, 0.25) is 0 Å². The second-order valence-corrected chi connectivity index (χ2v) is 5.69. The lowest BCUT2D eigenvalue weighted by atomic mass is 10.0. The highest BCUT2D eigenvalue weighted by molar-refractivity contribution is 9.10. The predicted molar refractivity (Wildman–Crippen MR) is 80.8 cm³/mol. The molecule has 0 spiro atoms. The number of hydrogen-bond donors (Lipinski definition) is 2. The second kappa shape index (κ2) is 6.67. The third-order valence-electron chi connectivity index (χ3n) is 2.98. The Kier molecular flexibility index (Phi) is 5.15. The van der Waals surface area contributed by atoms with Gasteiger partial charge in [0.25, 0.3) is 0 Å². The van der Waals surface area contributed by atoms with Crippen molar-refractivity contribution in [2.45, 2.75) is 25.9 Å². The van der Waals surface area contributed by atoms with Crippen molar-refractivity contribution in [1.29, 1.82) is 0 Å². The van der Waals surface area contributed by atoms with E-state index >= 15 is 0 Å². The molecule has 0 bridgehead atoms. The Bertz CT molecular complexity index is 602. The molecule has 0 aliphatic carbocycles. The number of rotatable bonds is 5. The van der Waals surface area contributed by atoms with Gasteiger partial charge in [0.1, 0.15) is 5.82 Å². The van der Waals surface area contributed by atoms with Crippen LogP contribution in [0.15, 0.2) is 28.9 Å². The molecule has 0 fully saturated rings. The smallest absolute Gasteiger partial charge is 0.129 e. The fraction of sp³-hybridized carbons (Fsp3) is 0.308. The van der Waals surface area contributed by atoms with E-state index < -0.39 is 6.04 Å². The molecule has 1 aromatic carbocycles. The number of hydrogen-bond acceptors (Lipinski definition) is 3. The quantitative estimate of drug-likeness (QED) is 0.634. The molecule has 0 aliphatic heterocycles. The first kappa shape index (κ1) is 15.4. The van der Waals surface area contributed by atoms with Gasteiger partial charge in [-0.25, -0.2) is 9.82 Å². The summed E-state index contributed by atoms with van der Waals surface area (Å²) in [7, 11) is 0. The van der Waals surface area contributed by atoms with Gasteiger partial charge in [-0.1, -0.05) is 40.5 Å². The minimum atomic E-state index is -0.551. The Balaban J connectivity index is 2.49. The normalized spacial score (nSPS) is 12.7. The third-order valence-corrected chi connectivity index (χ3v) is 3.77. The molecule has 0 amide bonds. The minimum absolute atomic E-state index is 0.359. The number of benzene rings is 1. The number of nitrogens with zero attached hydrogens (tertiary/aromatic N) is 2. The average molecular weight is 362 g/mol. The predicted octanol–water partition coefficient (Wildman–Crippen LogP) is 3.40. The second-order valence-electron chi connectivity index (χ2n) is 4.37. The first-order valence-corrected chi connectivity index (χ1v) is 7.37. The highest BCUT2D eigenvalue weighted by atomic mass is 79.9. The SMILES string of the molecule is CCCn1ncc(Cl)c1C(NN)c1ccc(Br)cc1F. The Hall–Kier alpha value is -0.950. The molecule has 0 radical (unpaired) electrons. The Labute approximate surface area is 130 Å². The molecule has 2 rings (SSSR count). The third kappa shape index (κ3) is 3.03. The van der Waals surface area contributed by atoms with Crippen LogP contribution in [0.25, 0.3) is 0 Å². The summed E-state index contributed by atoms with van der Waals surface area (Å²) in [5.41, 5.74) is 3.71. The average Bonchev–Trinajstić information content (AvgIpc) is 2.75. The number of aryl methyl sites for hydroxylation is 1. The summed E-state index contributed by atoms with van der Waals surface area (Å²) in [4.78, 5) is 0. The van der Waals surface area contributed by atoms with E-state index in [1.807, 2.05) is 6.92 Å². The van der Waals surface area contributed by atoms with Gasteiger partial charge in [-0.15, -0.1) is 0 Å². The van der Waals surface area contributed by atoms with Gasteiger partial charge in [-0.05, 0) is 18.6 Å². The maximum Gasteiger partial charge on any atom is 0.129 e. The van der Waals surface area contributed by atoms with E-state index in [0.717, 1.165) is 6.42 Å². The summed E-state index contributed by atoms with van der Waals surface area (Å²) in [6, 6.07) is 4.28. The molecule has 3 N–H and O–H groups in total. The van der Waals surface area contributed by atoms with E-state index in [1.54, 1.807) is 23.0 Å². The summed E-state index contributed by atoms with van der Waals surface area (Å²) >= 11 is 9.41. The van der Waals surface area contributed by atoms with E-state index in [0.29, 0.717) is 27.3 Å². The fourth-order valence-electron chi connectivity index (χ4n) is 2.10. The summed E-state index contributed by atoms with van der Waals surface area (Å²) in [5, 5.41) is 4.67. The first-order chi connectivity index (χ1) is 9.58. The van der Waals surface area contributed by atoms with E-state index in [-0.39, 0.29) is 5.82 Å². The fourth-order valence-corrected chi connectivity index (χ4v) is 2.68. The van der Waals surface area contributed by atoms with Gasteiger partial charge in [0.15, 0.2) is 0 Å². The Morgan fingerprint density at radius 3 is 2.90 bits per heavy atom. The van der Waals surface area contributed by atoms with Crippen LogP contribution in [-0.2, 0) is 6.54 Å². The number of nitrogens with two attached hydrogens (primary N) is 1. The van der Waals surface area contributed by atoms with E-state index in [2.05, 4.69) is 26.5 Å². The zero-order valence-corrected chi connectivity index (χ0v) is 13.2. The lowest BCUT2D eigenvalue weighted by Crippen LogP contribution is -2.31. The molecule has 0 saturated carbocycles. The molecule has 20 heavy (non-hydrogen) atoms. The molecule has 108 valence electrons. The van der Waals surface area contributed by atoms with Crippen molar-refractivity contribution < 1.29 is 4.39 Å². The van der Waals surface area contributed by atoms with Crippen LogP contribution in [-0.4, -0.2) is 9.78 Å². The van der Waals surface area contributed by atoms with Crippen LogP contribution in [0, 0.1) is 5.82 Å². The number of halogens is 3. The molecule has 1 aromatic heterocycles. The molecule has 4 nitrogen and oxygen atoms in total. The zero-order valence-electron chi connectivity index (χ0n) is 10.9. The number of nitrogens with one attached hydrogen (secondary N) is 1. The van der Waals surface area contributed by atoms with Crippen molar-refractivity contribution in [3.63, 3.8) is 0 Å². The highest BCUT2D eigenvalue weighted by Crippen LogP contribution is 2.30. The van der Waals surface area contributed by atoms with Crippen LogP contribution in [0.4, 0.5) is 4.39 Å². The van der Waals surface area contributed by atoms with E-state index in [1.165, 1.54) is 6.07 Å². The van der Waals surface area contributed by atoms with Crippen molar-refractivity contribution >= 4 is 27.5 Å². The van der Waals surface area contributed by atoms with Crippen LogP contribution in [0.3, 0.4) is 0 Å². The standard InChI is InChI=1S/C13H15BrClFN4/c1-2-5-20-13(10(15)7-18-20)12(19-17)9-4-3-8(14)6-11(9)16/h3-4,6-7,12,19H,2,5,17H2,1H3. The Morgan fingerprint density at radius 2 is 2.30 bits per heavy atom. The van der Waals surface area contributed by atoms with Crippen molar-refractivity contribution in [2.24, 2.45) is 5.84 Å². The van der Waals surface area contributed by atoms with E-state index in [4.69, 9.17) is 17.4 Å². The van der Waals surface area contributed by atoms with Gasteiger partial charge >= 0.3 is 0 Å². The molecule has 1 heterocycles. The van der Waals surface area contributed by atoms with Crippen LogP contribution in [0.2, 0.25) is 5.02 Å². The van der Waals surface area contributed by atoms with Gasteiger partial charge in [0.05, 0.1) is 23.0 Å². The monoisotopic (exact) mass is 360 g/mol. The lowest BCUT2D eigenvalue weighted by Gasteiger charge is -2.19. The van der Waals surface area contributed by atoms with E-state index in [9.17, 15) is 4.39 Å². The zero-order chi connectivity index (χ0) is 14.7. The topological polar surface area (TPSA) is 55.9 Å². The maximum atomic E-state index is 14.1. The molecule has 0 aliphatic rings. The summed E-state index contributed by atoms with van der Waals surface area (Å²) < 4.78 is 16.5. The number of aromatic nitrogens is 2.